The molecule has 2 rings (SSSR count). The first-order chi connectivity index (χ1) is 4.21. The molecule has 0 N–H and O–H groups in total. The molecule has 2 saturated carbocycles. The van der Waals surface area contributed by atoms with Crippen molar-refractivity contribution >= 4 is 21.8 Å². The maximum Gasteiger partial charge on any atom is 0.0329 e. The van der Waals surface area contributed by atoms with E-state index in [2.05, 4.69) is 0 Å². The average molecular weight is 161 g/mol. The summed E-state index contributed by atoms with van der Waals surface area (Å²) in [6.45, 7) is 0. The fourth-order valence-electron chi connectivity index (χ4n) is 1.63. The van der Waals surface area contributed by atoms with Crippen LogP contribution in [0.1, 0.15) is 25.7 Å². The highest BCUT2D eigenvalue weighted by molar-refractivity contribution is 6.45. The zero-order valence-corrected chi connectivity index (χ0v) is 8.62. The van der Waals surface area contributed by atoms with Gasteiger partial charge in [0.1, 0.15) is 0 Å². The van der Waals surface area contributed by atoms with Gasteiger partial charge in [0.05, 0.1) is 0 Å². The Balaban J connectivity index is 2.01. The van der Waals surface area contributed by atoms with Gasteiger partial charge in [0.25, 0.3) is 0 Å². The number of hydrogen-bond donors (Lipinski definition) is 0. The Labute approximate surface area is 64.4 Å². The van der Waals surface area contributed by atoms with Gasteiger partial charge >= 0.3 is 0 Å². The van der Waals surface area contributed by atoms with Gasteiger partial charge in [-0.1, -0.05) is 0 Å². The quantitative estimate of drug-likeness (QED) is 0.420. The third-order valence-corrected chi connectivity index (χ3v) is 5.00. The molecule has 2 aliphatic rings. The molecule has 0 saturated heterocycles. The van der Waals surface area contributed by atoms with Gasteiger partial charge in [0.15, 0.2) is 0 Å². The minimum Gasteiger partial charge on any atom is -0.123 e. The van der Waals surface area contributed by atoms with E-state index in [1.54, 1.807) is 0 Å². The smallest absolute Gasteiger partial charge is 0.0329 e. The van der Waals surface area contributed by atoms with Crippen molar-refractivity contribution < 1.29 is 0 Å². The van der Waals surface area contributed by atoms with E-state index in [-0.39, 0.29) is 0 Å². The molecule has 0 unspecified atom stereocenters. The summed E-state index contributed by atoms with van der Waals surface area (Å²) >= 11 is 6.39. The predicted octanol–water partition coefficient (Wildman–Crippen LogP) is 1.11. The number of alkyl halides is 1. The lowest BCUT2D eigenvalue weighted by molar-refractivity contribution is 0.601. The van der Waals surface area contributed by atoms with Crippen LogP contribution in [0, 0.1) is 11.8 Å². The summed E-state index contributed by atoms with van der Waals surface area (Å²) < 4.78 is 0.333. The van der Waals surface area contributed by atoms with E-state index < -0.39 is 0 Å². The molecule has 0 amide bonds. The van der Waals surface area contributed by atoms with Crippen LogP contribution in [-0.4, -0.2) is 14.7 Å². The molecular formula is C7H13ClSi. The summed E-state index contributed by atoms with van der Waals surface area (Å²) in [6, 6.07) is 0. The fourth-order valence-corrected chi connectivity index (χ4v) is 3.22. The van der Waals surface area contributed by atoms with Crippen LogP contribution in [0.2, 0.25) is 0 Å². The van der Waals surface area contributed by atoms with Crippen LogP contribution in [-0.2, 0) is 0 Å². The van der Waals surface area contributed by atoms with Gasteiger partial charge < -0.3 is 0 Å². The molecule has 0 radical (unpaired) electrons. The van der Waals surface area contributed by atoms with Crippen molar-refractivity contribution in [1.29, 1.82) is 0 Å². The highest BCUT2D eigenvalue weighted by Crippen LogP contribution is 2.53. The van der Waals surface area contributed by atoms with E-state index in [0.717, 1.165) is 11.8 Å². The van der Waals surface area contributed by atoms with E-state index in [4.69, 9.17) is 11.6 Å². The van der Waals surface area contributed by atoms with Crippen LogP contribution in [0.3, 0.4) is 0 Å². The van der Waals surface area contributed by atoms with Gasteiger partial charge in [0, 0.05) is 14.7 Å². The van der Waals surface area contributed by atoms with Gasteiger partial charge in [-0.05, 0) is 37.5 Å². The van der Waals surface area contributed by atoms with Gasteiger partial charge in [-0.25, -0.2) is 0 Å². The van der Waals surface area contributed by atoms with Gasteiger partial charge in [0.2, 0.25) is 0 Å². The average Bonchev–Trinajstić information content (AvgIpc) is 2.62. The standard InChI is InChI=1S/C7H13ClSi/c8-7(9,5-1-2-5)6-3-4-6/h5-6H,1-4H2,9H3. The molecular weight excluding hydrogens is 148 g/mol. The minimum absolute atomic E-state index is 0.333. The summed E-state index contributed by atoms with van der Waals surface area (Å²) in [6.07, 6.45) is 5.68. The zero-order valence-electron chi connectivity index (χ0n) is 5.86. The van der Waals surface area contributed by atoms with Gasteiger partial charge in [-0.3, -0.25) is 0 Å². The van der Waals surface area contributed by atoms with Crippen molar-refractivity contribution in [2.45, 2.75) is 30.2 Å². The second-order valence-corrected chi connectivity index (χ2v) is 6.80. The predicted molar refractivity (Wildman–Crippen MR) is 44.0 cm³/mol. The van der Waals surface area contributed by atoms with Crippen molar-refractivity contribution in [2.75, 3.05) is 0 Å². The Bertz CT molecular complexity index is 111. The zero-order chi connectivity index (χ0) is 6.48. The van der Waals surface area contributed by atoms with Crippen LogP contribution in [0.15, 0.2) is 0 Å². The van der Waals surface area contributed by atoms with Crippen LogP contribution >= 0.6 is 11.6 Å². The number of rotatable bonds is 2. The molecule has 2 fully saturated rings. The Kier molecular flexibility index (Phi) is 1.22. The fraction of sp³-hybridized carbons (Fsp3) is 1.00. The molecule has 0 spiro atoms. The maximum absolute atomic E-state index is 6.39. The first-order valence-electron chi connectivity index (χ1n) is 3.90. The molecule has 0 aromatic heterocycles. The third kappa shape index (κ3) is 1.05. The number of halogens is 1. The summed E-state index contributed by atoms with van der Waals surface area (Å²) in [7, 11) is 1.21. The molecule has 0 bridgehead atoms. The summed E-state index contributed by atoms with van der Waals surface area (Å²) in [5, 5.41) is 0. The number of hydrogen-bond acceptors (Lipinski definition) is 0. The van der Waals surface area contributed by atoms with E-state index >= 15 is 0 Å². The summed E-state index contributed by atoms with van der Waals surface area (Å²) in [5.74, 6) is 1.86. The second kappa shape index (κ2) is 1.76. The van der Waals surface area contributed by atoms with E-state index in [1.165, 1.54) is 35.9 Å². The van der Waals surface area contributed by atoms with E-state index in [9.17, 15) is 0 Å². The normalized spacial score (nSPS) is 29.0. The minimum atomic E-state index is 0.333. The Morgan fingerprint density at radius 3 is 1.67 bits per heavy atom. The molecule has 2 aliphatic carbocycles. The lowest BCUT2D eigenvalue weighted by Gasteiger charge is -2.20. The van der Waals surface area contributed by atoms with Gasteiger partial charge in [-0.15, -0.1) is 11.6 Å². The first kappa shape index (κ1) is 6.23. The molecule has 0 atom stereocenters. The second-order valence-electron chi connectivity index (χ2n) is 3.70. The largest absolute Gasteiger partial charge is 0.123 e. The summed E-state index contributed by atoms with van der Waals surface area (Å²) in [4.78, 5) is 0. The topological polar surface area (TPSA) is 0 Å². The third-order valence-electron chi connectivity index (χ3n) is 2.75. The lowest BCUT2D eigenvalue weighted by atomic mass is 10.2. The molecule has 0 aliphatic heterocycles. The van der Waals surface area contributed by atoms with Crippen molar-refractivity contribution in [3.63, 3.8) is 0 Å². The first-order valence-corrected chi connectivity index (χ1v) is 5.28. The Morgan fingerprint density at radius 2 is 1.44 bits per heavy atom. The lowest BCUT2D eigenvalue weighted by Crippen LogP contribution is -2.26. The van der Waals surface area contributed by atoms with E-state index in [0.29, 0.717) is 4.50 Å². The van der Waals surface area contributed by atoms with Crippen molar-refractivity contribution in [2.24, 2.45) is 11.8 Å². The molecule has 2 heteroatoms. The Morgan fingerprint density at radius 1 is 1.11 bits per heavy atom. The molecule has 0 aromatic carbocycles. The SMILES string of the molecule is [SiH3]C(Cl)(C1CC1)C1CC1. The highest BCUT2D eigenvalue weighted by atomic mass is 35.5. The van der Waals surface area contributed by atoms with Crippen molar-refractivity contribution in [1.82, 2.24) is 0 Å². The van der Waals surface area contributed by atoms with Gasteiger partial charge in [-0.2, -0.15) is 0 Å². The summed E-state index contributed by atoms with van der Waals surface area (Å²) in [5.41, 5.74) is 0. The van der Waals surface area contributed by atoms with Crippen molar-refractivity contribution in [3.8, 4) is 0 Å². The molecule has 0 heterocycles. The van der Waals surface area contributed by atoms with E-state index in [1.807, 2.05) is 0 Å². The highest BCUT2D eigenvalue weighted by Gasteiger charge is 2.49. The molecule has 0 aromatic rings. The molecule has 52 valence electrons. The van der Waals surface area contributed by atoms with Crippen LogP contribution < -0.4 is 0 Å². The van der Waals surface area contributed by atoms with Crippen LogP contribution in [0.5, 0.6) is 0 Å². The maximum atomic E-state index is 6.39. The monoisotopic (exact) mass is 160 g/mol. The van der Waals surface area contributed by atoms with Crippen LogP contribution in [0.25, 0.3) is 0 Å². The molecule has 0 nitrogen and oxygen atoms in total. The molecule has 9 heavy (non-hydrogen) atoms. The van der Waals surface area contributed by atoms with Crippen LogP contribution in [0.4, 0.5) is 0 Å². The van der Waals surface area contributed by atoms with Crippen molar-refractivity contribution in [3.05, 3.63) is 0 Å². The Hall–Kier alpha value is 0.507.